The van der Waals surface area contributed by atoms with E-state index >= 15 is 0 Å². The first-order chi connectivity index (χ1) is 18.0. The molecule has 2 aromatic carbocycles. The Bertz CT molecular complexity index is 1260. The molecule has 5 nitrogen and oxygen atoms in total. The monoisotopic (exact) mass is 521 g/mol. The first kappa shape index (κ1) is 23.1. The number of aromatic hydroxyl groups is 1. The van der Waals surface area contributed by atoms with Crippen molar-refractivity contribution >= 4 is 11.6 Å². The summed E-state index contributed by atoms with van der Waals surface area (Å²) in [6.07, 6.45) is 8.07. The van der Waals surface area contributed by atoms with Gasteiger partial charge in [-0.1, -0.05) is 29.8 Å². The molecule has 6 atom stereocenters. The summed E-state index contributed by atoms with van der Waals surface area (Å²) < 4.78 is 19.9. The van der Waals surface area contributed by atoms with Gasteiger partial charge in [0.15, 0.2) is 11.5 Å². The first-order valence-corrected chi connectivity index (χ1v) is 14.5. The highest BCUT2D eigenvalue weighted by molar-refractivity contribution is 6.30. The van der Waals surface area contributed by atoms with E-state index in [0.717, 1.165) is 60.9 Å². The standard InChI is InChI=1S/C31H36ClNO4/c1-35-31-10-9-29(15-22(31)18-36-17-20-3-2-4-23(32)13-20)25-14-21-7-8-24(34)27-26(21)30(29,28(31)37-27)11-12-33(25)16-19-5-6-19/h2-4,7-8,13,19,22,25,28,34H,5-6,9-12,14-18H2,1H3/t22-,25-,28-,29-,30+,31-/m1/s1. The minimum Gasteiger partial charge on any atom is -0.504 e. The van der Waals surface area contributed by atoms with Crippen LogP contribution in [0.5, 0.6) is 11.5 Å². The highest BCUT2D eigenvalue weighted by Gasteiger charge is 2.80. The van der Waals surface area contributed by atoms with Crippen LogP contribution in [0.2, 0.25) is 5.02 Å². The van der Waals surface area contributed by atoms with E-state index in [4.69, 9.17) is 25.8 Å². The zero-order chi connectivity index (χ0) is 25.0. The topological polar surface area (TPSA) is 51.2 Å². The molecule has 37 heavy (non-hydrogen) atoms. The largest absolute Gasteiger partial charge is 0.504 e. The molecule has 0 amide bonds. The molecule has 2 aliphatic heterocycles. The summed E-state index contributed by atoms with van der Waals surface area (Å²) in [5, 5.41) is 11.7. The van der Waals surface area contributed by atoms with Gasteiger partial charge in [-0.2, -0.15) is 0 Å². The first-order valence-electron chi connectivity index (χ1n) is 14.1. The lowest BCUT2D eigenvalue weighted by molar-refractivity contribution is -0.283. The molecule has 5 aliphatic carbocycles. The third-order valence-corrected chi connectivity index (χ3v) is 11.5. The molecule has 4 bridgehead atoms. The van der Waals surface area contributed by atoms with Crippen molar-refractivity contribution in [3.05, 3.63) is 58.1 Å². The van der Waals surface area contributed by atoms with Crippen LogP contribution < -0.4 is 4.74 Å². The number of phenolic OH excluding ortho intramolecular Hbond substituents is 1. The summed E-state index contributed by atoms with van der Waals surface area (Å²) >= 11 is 6.22. The Balaban J connectivity index is 1.20. The molecular weight excluding hydrogens is 486 g/mol. The molecule has 196 valence electrons. The van der Waals surface area contributed by atoms with Gasteiger partial charge < -0.3 is 19.3 Å². The Morgan fingerprint density at radius 2 is 2.05 bits per heavy atom. The molecular formula is C31H36ClNO4. The summed E-state index contributed by atoms with van der Waals surface area (Å²) in [5.41, 5.74) is 3.43. The van der Waals surface area contributed by atoms with Crippen molar-refractivity contribution in [1.29, 1.82) is 0 Å². The number of likely N-dealkylation sites (tertiary alicyclic amines) is 1. The number of ether oxygens (including phenoxy) is 3. The van der Waals surface area contributed by atoms with E-state index in [2.05, 4.69) is 17.0 Å². The molecule has 0 unspecified atom stereocenters. The molecule has 2 spiro atoms. The minimum atomic E-state index is -0.417. The van der Waals surface area contributed by atoms with Gasteiger partial charge in [-0.15, -0.1) is 0 Å². The van der Waals surface area contributed by atoms with Crippen LogP contribution in [-0.4, -0.2) is 54.6 Å². The number of piperidine rings is 1. The Morgan fingerprint density at radius 3 is 2.86 bits per heavy atom. The van der Waals surface area contributed by atoms with Crippen LogP contribution in [0.15, 0.2) is 36.4 Å². The van der Waals surface area contributed by atoms with Crippen molar-refractivity contribution in [3.63, 3.8) is 0 Å². The Morgan fingerprint density at radius 1 is 1.16 bits per heavy atom. The molecule has 1 N–H and O–H groups in total. The Labute approximate surface area is 224 Å². The molecule has 2 aromatic rings. The maximum absolute atomic E-state index is 11.0. The van der Waals surface area contributed by atoms with Crippen LogP contribution >= 0.6 is 11.6 Å². The summed E-state index contributed by atoms with van der Waals surface area (Å²) in [5.74, 6) is 2.14. The highest BCUT2D eigenvalue weighted by Crippen LogP contribution is 2.76. The van der Waals surface area contributed by atoms with E-state index in [1.165, 1.54) is 30.5 Å². The van der Waals surface area contributed by atoms with Crippen LogP contribution in [0, 0.1) is 17.3 Å². The molecule has 6 heteroatoms. The Hall–Kier alpha value is -1.79. The number of nitrogens with zero attached hydrogens (tertiary/aromatic N) is 1. The molecule has 2 heterocycles. The summed E-state index contributed by atoms with van der Waals surface area (Å²) in [7, 11) is 1.87. The molecule has 7 aliphatic rings. The van der Waals surface area contributed by atoms with Crippen LogP contribution in [0.3, 0.4) is 0 Å². The van der Waals surface area contributed by atoms with Crippen LogP contribution in [0.25, 0.3) is 0 Å². The second kappa shape index (κ2) is 7.88. The smallest absolute Gasteiger partial charge is 0.165 e. The molecule has 0 aromatic heterocycles. The average molecular weight is 522 g/mol. The number of phenols is 1. The number of rotatable bonds is 7. The zero-order valence-corrected chi connectivity index (χ0v) is 22.3. The quantitative estimate of drug-likeness (QED) is 0.522. The normalized spacial score (nSPS) is 38.9. The van der Waals surface area contributed by atoms with E-state index in [1.54, 1.807) is 0 Å². The molecule has 0 radical (unpaired) electrons. The summed E-state index contributed by atoms with van der Waals surface area (Å²) in [4.78, 5) is 2.85. The number of methoxy groups -OCH3 is 1. The molecule has 1 saturated heterocycles. The molecule has 5 fully saturated rings. The number of fused-ring (bicyclic) bond motifs is 2. The third kappa shape index (κ3) is 2.92. The number of benzene rings is 2. The van der Waals surface area contributed by atoms with E-state index in [9.17, 15) is 5.11 Å². The van der Waals surface area contributed by atoms with Gasteiger partial charge in [0, 0.05) is 47.0 Å². The van der Waals surface area contributed by atoms with E-state index in [1.807, 2.05) is 31.4 Å². The van der Waals surface area contributed by atoms with Crippen LogP contribution in [-0.2, 0) is 27.9 Å². The van der Waals surface area contributed by atoms with E-state index < -0.39 is 5.60 Å². The summed E-state index contributed by atoms with van der Waals surface area (Å²) in [6, 6.07) is 12.5. The number of hydrogen-bond donors (Lipinski definition) is 1. The minimum absolute atomic E-state index is 0.0832. The highest BCUT2D eigenvalue weighted by atomic mass is 35.5. The maximum atomic E-state index is 11.0. The number of hydrogen-bond acceptors (Lipinski definition) is 5. The van der Waals surface area contributed by atoms with Gasteiger partial charge in [0.1, 0.15) is 11.7 Å². The fourth-order valence-electron chi connectivity index (χ4n) is 9.69. The lowest BCUT2D eigenvalue weighted by Gasteiger charge is -2.74. The third-order valence-electron chi connectivity index (χ3n) is 11.3. The maximum Gasteiger partial charge on any atom is 0.165 e. The second-order valence-electron chi connectivity index (χ2n) is 12.7. The number of halogens is 1. The van der Waals surface area contributed by atoms with Crippen molar-refractivity contribution in [2.45, 2.75) is 74.7 Å². The van der Waals surface area contributed by atoms with Gasteiger partial charge in [-0.25, -0.2) is 0 Å². The van der Waals surface area contributed by atoms with E-state index in [-0.39, 0.29) is 28.6 Å². The van der Waals surface area contributed by atoms with Crippen LogP contribution in [0.1, 0.15) is 55.2 Å². The zero-order valence-electron chi connectivity index (χ0n) is 21.5. The van der Waals surface area contributed by atoms with Gasteiger partial charge in [0.2, 0.25) is 0 Å². The molecule has 9 rings (SSSR count). The predicted octanol–water partition coefficient (Wildman–Crippen LogP) is 5.49. The van der Waals surface area contributed by atoms with Gasteiger partial charge in [-0.3, -0.25) is 4.90 Å². The lowest BCUT2D eigenvalue weighted by atomic mass is 9.35. The lowest BCUT2D eigenvalue weighted by Crippen LogP contribution is -2.81. The van der Waals surface area contributed by atoms with Crippen molar-refractivity contribution in [2.24, 2.45) is 17.3 Å². The van der Waals surface area contributed by atoms with Crippen molar-refractivity contribution in [2.75, 3.05) is 26.8 Å². The van der Waals surface area contributed by atoms with Gasteiger partial charge in [-0.05, 0) is 86.7 Å². The van der Waals surface area contributed by atoms with Gasteiger partial charge >= 0.3 is 0 Å². The van der Waals surface area contributed by atoms with Crippen LogP contribution in [0.4, 0.5) is 0 Å². The fraction of sp³-hybridized carbons (Fsp3) is 0.613. The van der Waals surface area contributed by atoms with E-state index in [0.29, 0.717) is 19.3 Å². The summed E-state index contributed by atoms with van der Waals surface area (Å²) in [6.45, 7) is 3.54. The van der Waals surface area contributed by atoms with Gasteiger partial charge in [0.05, 0.1) is 13.2 Å². The second-order valence-corrected chi connectivity index (χ2v) is 13.1. The SMILES string of the molecule is CO[C@]12CC[C@@]3(C[C@@H]1COCc1cccc(Cl)c1)[C@H]1Cc4ccc(O)c5c4[C@@]3(CCN1CC1CC1)[C@H]2O5. The van der Waals surface area contributed by atoms with Crippen molar-refractivity contribution < 1.29 is 19.3 Å². The van der Waals surface area contributed by atoms with Gasteiger partial charge in [0.25, 0.3) is 0 Å². The Kier molecular flexibility index (Phi) is 4.92. The van der Waals surface area contributed by atoms with Crippen molar-refractivity contribution in [3.8, 4) is 11.5 Å². The fourth-order valence-corrected chi connectivity index (χ4v) is 9.90. The average Bonchev–Trinajstić information content (AvgIpc) is 3.64. The predicted molar refractivity (Wildman–Crippen MR) is 141 cm³/mol. The van der Waals surface area contributed by atoms with Crippen molar-refractivity contribution in [1.82, 2.24) is 4.90 Å². The molecule has 4 saturated carbocycles.